The van der Waals surface area contributed by atoms with Crippen LogP contribution in [0.15, 0.2) is 77.2 Å². The summed E-state index contributed by atoms with van der Waals surface area (Å²) in [5.41, 5.74) is 0.944. The van der Waals surface area contributed by atoms with E-state index in [1.54, 1.807) is 60.7 Å². The summed E-state index contributed by atoms with van der Waals surface area (Å²) in [5.74, 6) is -0.0252. The van der Waals surface area contributed by atoms with Crippen molar-refractivity contribution in [3.8, 4) is 23.0 Å². The van der Waals surface area contributed by atoms with Crippen molar-refractivity contribution >= 4 is 29.3 Å². The molecule has 2 amide bonds. The molecule has 4 rings (SSSR count). The molecule has 2 N–H and O–H groups in total. The minimum Gasteiger partial charge on any atom is -0.453 e. The molecule has 4 aromatic rings. The van der Waals surface area contributed by atoms with Crippen LogP contribution in [0, 0.1) is 5.82 Å². The van der Waals surface area contributed by atoms with Crippen LogP contribution in [-0.4, -0.2) is 16.2 Å². The maximum Gasteiger partial charge on any atom is 0.327 e. The summed E-state index contributed by atoms with van der Waals surface area (Å²) >= 11 is 5.89. The van der Waals surface area contributed by atoms with E-state index in [1.165, 1.54) is 12.1 Å². The molecule has 1 heterocycles. The number of aromatic nitrogens is 2. The van der Waals surface area contributed by atoms with E-state index in [4.69, 9.17) is 20.8 Å². The molecule has 30 heavy (non-hydrogen) atoms. The van der Waals surface area contributed by atoms with Crippen molar-refractivity contribution in [1.82, 2.24) is 10.2 Å². The fraction of sp³-hybridized carbons (Fsp3) is 0. The number of amides is 2. The van der Waals surface area contributed by atoms with Gasteiger partial charge in [0.2, 0.25) is 0 Å². The summed E-state index contributed by atoms with van der Waals surface area (Å²) in [5, 5.41) is 13.3. The SMILES string of the molecule is O=C(Nc1cccc(Cl)c1)Nc1nnc(-c2ccccc2Oc2ccccc2F)o1. The lowest BCUT2D eigenvalue weighted by Gasteiger charge is -2.09. The monoisotopic (exact) mass is 424 g/mol. The summed E-state index contributed by atoms with van der Waals surface area (Å²) < 4.78 is 25.1. The van der Waals surface area contributed by atoms with E-state index in [0.29, 0.717) is 22.0 Å². The molecule has 0 aliphatic carbocycles. The molecular weight excluding hydrogens is 411 g/mol. The van der Waals surface area contributed by atoms with Gasteiger partial charge in [-0.3, -0.25) is 5.32 Å². The molecule has 0 spiro atoms. The second-order valence-electron chi connectivity index (χ2n) is 6.03. The van der Waals surface area contributed by atoms with Gasteiger partial charge in [-0.25, -0.2) is 9.18 Å². The number of hydrogen-bond donors (Lipinski definition) is 2. The smallest absolute Gasteiger partial charge is 0.327 e. The number of urea groups is 1. The van der Waals surface area contributed by atoms with Crippen LogP contribution < -0.4 is 15.4 Å². The number of hydrogen-bond acceptors (Lipinski definition) is 5. The Kier molecular flexibility index (Phi) is 5.58. The first-order chi connectivity index (χ1) is 14.6. The van der Waals surface area contributed by atoms with Crippen molar-refractivity contribution in [3.63, 3.8) is 0 Å². The Morgan fingerprint density at radius 3 is 2.50 bits per heavy atom. The molecule has 9 heteroatoms. The number of carbonyl (C=O) groups is 1. The van der Waals surface area contributed by atoms with Gasteiger partial charge in [-0.2, -0.15) is 0 Å². The van der Waals surface area contributed by atoms with Gasteiger partial charge < -0.3 is 14.5 Å². The van der Waals surface area contributed by atoms with Crippen LogP contribution in [-0.2, 0) is 0 Å². The van der Waals surface area contributed by atoms with Crippen molar-refractivity contribution in [2.75, 3.05) is 10.6 Å². The first-order valence-electron chi connectivity index (χ1n) is 8.77. The quantitative estimate of drug-likeness (QED) is 0.412. The van der Waals surface area contributed by atoms with E-state index in [0.717, 1.165) is 0 Å². The number of para-hydroxylation sites is 2. The van der Waals surface area contributed by atoms with E-state index >= 15 is 0 Å². The van der Waals surface area contributed by atoms with Gasteiger partial charge in [0, 0.05) is 10.7 Å². The highest BCUT2D eigenvalue weighted by Gasteiger charge is 2.16. The molecule has 0 atom stereocenters. The highest BCUT2D eigenvalue weighted by molar-refractivity contribution is 6.30. The number of ether oxygens (including phenoxy) is 1. The lowest BCUT2D eigenvalue weighted by Crippen LogP contribution is -2.19. The molecule has 0 radical (unpaired) electrons. The fourth-order valence-corrected chi connectivity index (χ4v) is 2.78. The maximum absolute atomic E-state index is 13.9. The summed E-state index contributed by atoms with van der Waals surface area (Å²) in [6.45, 7) is 0. The Balaban J connectivity index is 1.50. The number of benzene rings is 3. The van der Waals surface area contributed by atoms with Gasteiger partial charge in [-0.05, 0) is 42.5 Å². The summed E-state index contributed by atoms with van der Waals surface area (Å²) in [6.07, 6.45) is 0. The molecule has 0 aliphatic rings. The Bertz CT molecular complexity index is 1200. The zero-order valence-corrected chi connectivity index (χ0v) is 16.1. The number of halogens is 2. The fourth-order valence-electron chi connectivity index (χ4n) is 2.59. The van der Waals surface area contributed by atoms with Gasteiger partial charge >= 0.3 is 12.0 Å². The van der Waals surface area contributed by atoms with Gasteiger partial charge in [-0.15, -0.1) is 5.10 Å². The molecular formula is C21H14ClFN4O3. The van der Waals surface area contributed by atoms with Crippen LogP contribution in [0.3, 0.4) is 0 Å². The number of rotatable bonds is 5. The third-order valence-electron chi connectivity index (χ3n) is 3.90. The zero-order valence-electron chi connectivity index (χ0n) is 15.3. The third kappa shape index (κ3) is 4.56. The number of nitrogens with zero attached hydrogens (tertiary/aromatic N) is 2. The van der Waals surface area contributed by atoms with Crippen LogP contribution in [0.5, 0.6) is 11.5 Å². The van der Waals surface area contributed by atoms with Gasteiger partial charge in [0.1, 0.15) is 5.75 Å². The zero-order chi connectivity index (χ0) is 20.9. The van der Waals surface area contributed by atoms with Gasteiger partial charge in [-0.1, -0.05) is 47.0 Å². The Morgan fingerprint density at radius 1 is 0.933 bits per heavy atom. The van der Waals surface area contributed by atoms with E-state index < -0.39 is 11.8 Å². The van der Waals surface area contributed by atoms with Crippen molar-refractivity contribution < 1.29 is 18.3 Å². The highest BCUT2D eigenvalue weighted by atomic mass is 35.5. The standard InChI is InChI=1S/C21H14ClFN4O3/c22-13-6-5-7-14(12-13)24-20(28)25-21-27-26-19(30-21)15-8-1-3-10-17(15)29-18-11-4-2-9-16(18)23/h1-12H,(H2,24,25,27,28). The highest BCUT2D eigenvalue weighted by Crippen LogP contribution is 2.33. The molecule has 150 valence electrons. The lowest BCUT2D eigenvalue weighted by molar-refractivity contribution is 0.261. The van der Waals surface area contributed by atoms with E-state index in [2.05, 4.69) is 20.8 Å². The van der Waals surface area contributed by atoms with Crippen LogP contribution in [0.25, 0.3) is 11.5 Å². The third-order valence-corrected chi connectivity index (χ3v) is 4.14. The van der Waals surface area contributed by atoms with Crippen molar-refractivity contribution in [2.45, 2.75) is 0 Å². The molecule has 0 unspecified atom stereocenters. The molecule has 0 saturated carbocycles. The number of nitrogens with one attached hydrogen (secondary N) is 2. The van der Waals surface area contributed by atoms with Crippen LogP contribution >= 0.6 is 11.6 Å². The largest absolute Gasteiger partial charge is 0.453 e. The van der Waals surface area contributed by atoms with Crippen LogP contribution in [0.1, 0.15) is 0 Å². The molecule has 0 aliphatic heterocycles. The topological polar surface area (TPSA) is 89.3 Å². The van der Waals surface area contributed by atoms with E-state index in [-0.39, 0.29) is 17.7 Å². The average molecular weight is 425 g/mol. The van der Waals surface area contributed by atoms with Crippen LogP contribution in [0.4, 0.5) is 20.9 Å². The van der Waals surface area contributed by atoms with Gasteiger partial charge in [0.15, 0.2) is 11.6 Å². The summed E-state index contributed by atoms with van der Waals surface area (Å²) in [6, 6.07) is 18.8. The maximum atomic E-state index is 13.9. The Hall–Kier alpha value is -3.91. The minimum atomic E-state index is -0.580. The number of anilines is 2. The Morgan fingerprint density at radius 2 is 1.70 bits per heavy atom. The first kappa shape index (κ1) is 19.4. The Labute approximate surface area is 175 Å². The van der Waals surface area contributed by atoms with Crippen molar-refractivity contribution in [1.29, 1.82) is 0 Å². The minimum absolute atomic E-state index is 0.0590. The average Bonchev–Trinajstić information content (AvgIpc) is 3.18. The lowest BCUT2D eigenvalue weighted by atomic mass is 10.2. The second kappa shape index (κ2) is 8.62. The van der Waals surface area contributed by atoms with Gasteiger partial charge in [0.05, 0.1) is 5.56 Å². The molecule has 3 aromatic carbocycles. The normalized spacial score (nSPS) is 10.5. The summed E-state index contributed by atoms with van der Waals surface area (Å²) in [7, 11) is 0. The van der Waals surface area contributed by atoms with Crippen molar-refractivity contribution in [2.24, 2.45) is 0 Å². The molecule has 0 fully saturated rings. The molecule has 1 aromatic heterocycles. The van der Waals surface area contributed by atoms with Crippen molar-refractivity contribution in [3.05, 3.63) is 83.6 Å². The van der Waals surface area contributed by atoms with Gasteiger partial charge in [0.25, 0.3) is 5.89 Å². The van der Waals surface area contributed by atoms with E-state index in [9.17, 15) is 9.18 Å². The molecule has 0 bridgehead atoms. The first-order valence-corrected chi connectivity index (χ1v) is 9.15. The van der Waals surface area contributed by atoms with E-state index in [1.807, 2.05) is 0 Å². The molecule has 7 nitrogen and oxygen atoms in total. The van der Waals surface area contributed by atoms with Crippen LogP contribution in [0.2, 0.25) is 5.02 Å². The second-order valence-corrected chi connectivity index (χ2v) is 6.47. The predicted octanol–water partition coefficient (Wildman–Crippen LogP) is 5.97. The summed E-state index contributed by atoms with van der Waals surface area (Å²) in [4.78, 5) is 12.1. The number of carbonyl (C=O) groups excluding carboxylic acids is 1. The molecule has 0 saturated heterocycles. The predicted molar refractivity (Wildman–Crippen MR) is 110 cm³/mol.